The molecule has 1 saturated heterocycles. The number of aryl methyl sites for hydroxylation is 2. The van der Waals surface area contributed by atoms with Crippen LogP contribution in [0.4, 0.5) is 28.7 Å². The number of hydrogen-bond donors (Lipinski definition) is 1. The van der Waals surface area contributed by atoms with Crippen molar-refractivity contribution < 1.29 is 4.92 Å². The van der Waals surface area contributed by atoms with Crippen LogP contribution in [0, 0.1) is 30.9 Å². The first kappa shape index (κ1) is 22.5. The van der Waals surface area contributed by atoms with Gasteiger partial charge in [0, 0.05) is 42.9 Å². The van der Waals surface area contributed by atoms with Gasteiger partial charge in [-0.2, -0.15) is 0 Å². The van der Waals surface area contributed by atoms with Crippen LogP contribution in [0.1, 0.15) is 16.8 Å². The molecule has 3 heterocycles. The van der Waals surface area contributed by atoms with Gasteiger partial charge in [0.1, 0.15) is 6.33 Å². The Hall–Kier alpha value is -4.27. The molecule has 1 aliphatic rings. The highest BCUT2D eigenvalue weighted by atomic mass is 16.6. The summed E-state index contributed by atoms with van der Waals surface area (Å²) < 4.78 is 0. The highest BCUT2D eigenvalue weighted by Crippen LogP contribution is 2.36. The van der Waals surface area contributed by atoms with E-state index < -0.39 is 4.92 Å². The van der Waals surface area contributed by atoms with Crippen molar-refractivity contribution in [2.75, 3.05) is 41.3 Å². The van der Waals surface area contributed by atoms with Crippen LogP contribution in [0.5, 0.6) is 0 Å². The largest absolute Gasteiger partial charge is 0.368 e. The van der Waals surface area contributed by atoms with Crippen LogP contribution >= 0.6 is 0 Å². The number of fused-ring (bicyclic) bond motifs is 1. The SMILES string of the molecule is Cc1ccc2cccc(Nc3ncnc(N4CCN(c5cccc(C)c5C)CC4)c3[N+](=O)[O-])c2n1. The maximum absolute atomic E-state index is 12.2. The predicted octanol–water partition coefficient (Wildman–Crippen LogP) is 4.93. The van der Waals surface area contributed by atoms with Gasteiger partial charge < -0.3 is 15.1 Å². The van der Waals surface area contributed by atoms with Gasteiger partial charge in [-0.1, -0.05) is 30.3 Å². The van der Waals surface area contributed by atoms with Gasteiger partial charge in [0.15, 0.2) is 0 Å². The van der Waals surface area contributed by atoms with Crippen LogP contribution in [0.15, 0.2) is 54.9 Å². The van der Waals surface area contributed by atoms with Crippen LogP contribution in [-0.2, 0) is 0 Å². The second-order valence-corrected chi connectivity index (χ2v) is 8.80. The first-order valence-electron chi connectivity index (χ1n) is 11.6. The lowest BCUT2D eigenvalue weighted by atomic mass is 10.1. The fraction of sp³-hybridized carbons (Fsp3) is 0.269. The lowest BCUT2D eigenvalue weighted by Gasteiger charge is -2.37. The zero-order chi connectivity index (χ0) is 24.5. The third kappa shape index (κ3) is 4.32. The molecule has 9 heteroatoms. The summed E-state index contributed by atoms with van der Waals surface area (Å²) in [5.41, 5.74) is 5.87. The number of hydrogen-bond acceptors (Lipinski definition) is 8. The van der Waals surface area contributed by atoms with E-state index in [-0.39, 0.29) is 11.5 Å². The summed E-state index contributed by atoms with van der Waals surface area (Å²) in [4.78, 5) is 29.3. The second-order valence-electron chi connectivity index (χ2n) is 8.80. The van der Waals surface area contributed by atoms with E-state index in [2.05, 4.69) is 57.2 Å². The highest BCUT2D eigenvalue weighted by molar-refractivity contribution is 5.93. The number of pyridine rings is 1. The van der Waals surface area contributed by atoms with Crippen molar-refractivity contribution >= 4 is 39.6 Å². The standard InChI is InChI=1S/C26H27N7O2/c1-17-6-4-9-22(19(17)3)31-12-14-32(15-13-31)26-24(33(34)35)25(27-16-28-26)30-21-8-5-7-20-11-10-18(2)29-23(20)21/h4-11,16H,12-15H2,1-3H3,(H,27,28,30). The lowest BCUT2D eigenvalue weighted by molar-refractivity contribution is -0.383. The number of nitro groups is 1. The molecule has 178 valence electrons. The molecule has 0 spiro atoms. The number of nitrogens with one attached hydrogen (secondary N) is 1. The Labute approximate surface area is 203 Å². The Bertz CT molecular complexity index is 1410. The van der Waals surface area contributed by atoms with Crippen molar-refractivity contribution in [3.63, 3.8) is 0 Å². The summed E-state index contributed by atoms with van der Waals surface area (Å²) in [5.74, 6) is 0.491. The molecular formula is C26H27N7O2. The molecule has 1 aliphatic heterocycles. The fourth-order valence-electron chi connectivity index (χ4n) is 4.57. The molecule has 0 saturated carbocycles. The Balaban J connectivity index is 1.44. The van der Waals surface area contributed by atoms with E-state index in [4.69, 9.17) is 0 Å². The van der Waals surface area contributed by atoms with Crippen LogP contribution in [0.2, 0.25) is 0 Å². The minimum Gasteiger partial charge on any atom is -0.368 e. The number of piperazine rings is 1. The third-order valence-corrected chi connectivity index (χ3v) is 6.59. The Morgan fingerprint density at radius 2 is 1.66 bits per heavy atom. The number of para-hydroxylation sites is 1. The van der Waals surface area contributed by atoms with Crippen molar-refractivity contribution in [3.8, 4) is 0 Å². The number of nitrogens with zero attached hydrogens (tertiary/aromatic N) is 6. The Morgan fingerprint density at radius 1 is 0.914 bits per heavy atom. The number of rotatable bonds is 5. The highest BCUT2D eigenvalue weighted by Gasteiger charge is 2.30. The normalized spacial score (nSPS) is 13.8. The number of benzene rings is 2. The number of aromatic nitrogens is 3. The molecule has 0 atom stereocenters. The van der Waals surface area contributed by atoms with Gasteiger partial charge in [-0.3, -0.25) is 15.1 Å². The smallest absolute Gasteiger partial charge is 0.353 e. The monoisotopic (exact) mass is 469 g/mol. The minimum atomic E-state index is -0.404. The summed E-state index contributed by atoms with van der Waals surface area (Å²) >= 11 is 0. The van der Waals surface area contributed by atoms with Crippen LogP contribution in [0.25, 0.3) is 10.9 Å². The topological polar surface area (TPSA) is 100 Å². The summed E-state index contributed by atoms with van der Waals surface area (Å²) in [5, 5.41) is 16.3. The quantitative estimate of drug-likeness (QED) is 0.324. The van der Waals surface area contributed by atoms with E-state index >= 15 is 0 Å². The molecule has 0 amide bonds. The molecule has 2 aromatic carbocycles. The van der Waals surface area contributed by atoms with Crippen LogP contribution in [0.3, 0.4) is 0 Å². The summed E-state index contributed by atoms with van der Waals surface area (Å²) in [6.07, 6.45) is 1.38. The van der Waals surface area contributed by atoms with Crippen molar-refractivity contribution in [1.82, 2.24) is 15.0 Å². The molecule has 9 nitrogen and oxygen atoms in total. The maximum atomic E-state index is 12.2. The molecular weight excluding hydrogens is 442 g/mol. The lowest BCUT2D eigenvalue weighted by Crippen LogP contribution is -2.47. The molecule has 0 aliphatic carbocycles. The fourth-order valence-corrected chi connectivity index (χ4v) is 4.57. The van der Waals surface area contributed by atoms with Gasteiger partial charge in [0.25, 0.3) is 0 Å². The molecule has 2 aromatic heterocycles. The van der Waals surface area contributed by atoms with E-state index in [1.165, 1.54) is 23.1 Å². The molecule has 0 bridgehead atoms. The van der Waals surface area contributed by atoms with Gasteiger partial charge in [-0.05, 0) is 50.1 Å². The molecule has 1 N–H and O–H groups in total. The maximum Gasteiger partial charge on any atom is 0.353 e. The average molecular weight is 470 g/mol. The molecule has 5 rings (SSSR count). The van der Waals surface area contributed by atoms with E-state index in [1.54, 1.807) is 0 Å². The third-order valence-electron chi connectivity index (χ3n) is 6.59. The van der Waals surface area contributed by atoms with E-state index in [1.807, 2.05) is 42.2 Å². The summed E-state index contributed by atoms with van der Waals surface area (Å²) in [6, 6.07) is 15.9. The van der Waals surface area contributed by atoms with Gasteiger partial charge in [0.2, 0.25) is 11.6 Å². The van der Waals surface area contributed by atoms with Crippen molar-refractivity contribution in [2.45, 2.75) is 20.8 Å². The first-order valence-corrected chi connectivity index (χ1v) is 11.6. The van der Waals surface area contributed by atoms with Gasteiger partial charge >= 0.3 is 5.69 Å². The summed E-state index contributed by atoms with van der Waals surface area (Å²) in [6.45, 7) is 8.91. The summed E-state index contributed by atoms with van der Waals surface area (Å²) in [7, 11) is 0. The number of anilines is 4. The van der Waals surface area contributed by atoms with Crippen LogP contribution < -0.4 is 15.1 Å². The Morgan fingerprint density at radius 3 is 2.43 bits per heavy atom. The van der Waals surface area contributed by atoms with Crippen molar-refractivity contribution in [2.24, 2.45) is 0 Å². The van der Waals surface area contributed by atoms with Crippen molar-refractivity contribution in [1.29, 1.82) is 0 Å². The predicted molar refractivity (Wildman–Crippen MR) is 139 cm³/mol. The van der Waals surface area contributed by atoms with E-state index in [9.17, 15) is 10.1 Å². The van der Waals surface area contributed by atoms with Gasteiger partial charge in [0.05, 0.1) is 16.1 Å². The molecule has 1 fully saturated rings. The van der Waals surface area contributed by atoms with E-state index in [0.29, 0.717) is 24.6 Å². The average Bonchev–Trinajstić information content (AvgIpc) is 2.86. The van der Waals surface area contributed by atoms with Gasteiger partial charge in [-0.25, -0.2) is 9.97 Å². The van der Waals surface area contributed by atoms with Crippen LogP contribution in [-0.4, -0.2) is 46.1 Å². The van der Waals surface area contributed by atoms with E-state index in [0.717, 1.165) is 29.7 Å². The van der Waals surface area contributed by atoms with Crippen molar-refractivity contribution in [3.05, 3.63) is 81.8 Å². The zero-order valence-corrected chi connectivity index (χ0v) is 20.0. The minimum absolute atomic E-state index is 0.127. The molecule has 35 heavy (non-hydrogen) atoms. The first-order chi connectivity index (χ1) is 16.9. The molecule has 0 radical (unpaired) electrons. The van der Waals surface area contributed by atoms with Gasteiger partial charge in [-0.15, -0.1) is 0 Å². The molecule has 0 unspecified atom stereocenters. The Kier molecular flexibility index (Phi) is 5.90. The zero-order valence-electron chi connectivity index (χ0n) is 20.0. The molecule has 4 aromatic rings. The second kappa shape index (κ2) is 9.17.